The number of aromatic nitrogens is 3. The van der Waals surface area contributed by atoms with E-state index in [0.717, 1.165) is 42.9 Å². The van der Waals surface area contributed by atoms with Gasteiger partial charge in [0.2, 0.25) is 0 Å². The summed E-state index contributed by atoms with van der Waals surface area (Å²) in [4.78, 5) is 7.04. The maximum atomic E-state index is 4.56. The van der Waals surface area contributed by atoms with Gasteiger partial charge in [-0.15, -0.1) is 0 Å². The Balaban J connectivity index is 1.32. The van der Waals surface area contributed by atoms with Crippen LogP contribution in [0.2, 0.25) is 0 Å². The van der Waals surface area contributed by atoms with Crippen LogP contribution in [0.5, 0.6) is 0 Å². The Morgan fingerprint density at radius 3 is 2.92 bits per heavy atom. The molecule has 1 unspecified atom stereocenters. The first kappa shape index (κ1) is 16.1. The molecule has 5 heteroatoms. The third-order valence-electron chi connectivity index (χ3n) is 5.09. The molecule has 2 aromatic heterocycles. The molecule has 1 fully saturated rings. The summed E-state index contributed by atoms with van der Waals surface area (Å²) in [6.45, 7) is 6.24. The Labute approximate surface area is 148 Å². The molecular weight excluding hydrogens is 310 g/mol. The highest BCUT2D eigenvalue weighted by molar-refractivity contribution is 5.78. The van der Waals surface area contributed by atoms with E-state index >= 15 is 0 Å². The van der Waals surface area contributed by atoms with Gasteiger partial charge < -0.3 is 10.2 Å². The number of hydrogen-bond acceptors (Lipinski definition) is 4. The third kappa shape index (κ3) is 3.37. The molecule has 0 aliphatic carbocycles. The van der Waals surface area contributed by atoms with Gasteiger partial charge in [0, 0.05) is 50.5 Å². The molecule has 5 nitrogen and oxygen atoms in total. The van der Waals surface area contributed by atoms with Gasteiger partial charge in [-0.2, -0.15) is 5.10 Å². The molecule has 0 spiro atoms. The minimum atomic E-state index is 0.706. The lowest BCUT2D eigenvalue weighted by molar-refractivity contribution is 0.516. The van der Waals surface area contributed by atoms with Crippen molar-refractivity contribution in [2.45, 2.75) is 19.9 Å². The Bertz CT molecular complexity index is 855. The lowest BCUT2D eigenvalue weighted by Crippen LogP contribution is -2.26. The fraction of sp³-hybridized carbons (Fsp3) is 0.400. The van der Waals surface area contributed by atoms with Crippen molar-refractivity contribution in [3.8, 4) is 0 Å². The topological polar surface area (TPSA) is 46.0 Å². The molecule has 1 atom stereocenters. The lowest BCUT2D eigenvalue weighted by atomic mass is 10.1. The van der Waals surface area contributed by atoms with Gasteiger partial charge >= 0.3 is 0 Å². The van der Waals surface area contributed by atoms with Crippen LogP contribution < -0.4 is 10.2 Å². The summed E-state index contributed by atoms with van der Waals surface area (Å²) < 4.78 is 1.85. The fourth-order valence-electron chi connectivity index (χ4n) is 3.74. The number of benzene rings is 1. The fourth-order valence-corrected chi connectivity index (χ4v) is 3.74. The van der Waals surface area contributed by atoms with Gasteiger partial charge in [0.1, 0.15) is 0 Å². The van der Waals surface area contributed by atoms with Crippen LogP contribution in [-0.4, -0.2) is 34.4 Å². The van der Waals surface area contributed by atoms with Crippen molar-refractivity contribution in [2.24, 2.45) is 13.0 Å². The molecule has 1 N–H and O–H groups in total. The van der Waals surface area contributed by atoms with Gasteiger partial charge in [-0.25, -0.2) is 4.98 Å². The van der Waals surface area contributed by atoms with Gasteiger partial charge in [-0.05, 0) is 43.0 Å². The summed E-state index contributed by atoms with van der Waals surface area (Å²) in [6, 6.07) is 12.9. The summed E-state index contributed by atoms with van der Waals surface area (Å²) in [5, 5.41) is 9.20. The van der Waals surface area contributed by atoms with Gasteiger partial charge in [0.15, 0.2) is 5.65 Å². The average Bonchev–Trinajstić information content (AvgIpc) is 3.21. The van der Waals surface area contributed by atoms with Crippen LogP contribution >= 0.6 is 0 Å². The van der Waals surface area contributed by atoms with E-state index in [-0.39, 0.29) is 0 Å². The molecule has 4 rings (SSSR count). The Morgan fingerprint density at radius 1 is 1.24 bits per heavy atom. The van der Waals surface area contributed by atoms with Crippen molar-refractivity contribution in [3.05, 3.63) is 53.9 Å². The van der Waals surface area contributed by atoms with Crippen LogP contribution in [-0.2, 0) is 13.6 Å². The number of para-hydroxylation sites is 1. The van der Waals surface area contributed by atoms with E-state index in [1.165, 1.54) is 17.7 Å². The largest absolute Gasteiger partial charge is 0.371 e. The number of nitrogens with zero attached hydrogens (tertiary/aromatic N) is 4. The Morgan fingerprint density at radius 2 is 2.08 bits per heavy atom. The van der Waals surface area contributed by atoms with Gasteiger partial charge in [0.05, 0.1) is 5.69 Å². The van der Waals surface area contributed by atoms with Crippen molar-refractivity contribution < 1.29 is 0 Å². The van der Waals surface area contributed by atoms with E-state index < -0.39 is 0 Å². The summed E-state index contributed by atoms with van der Waals surface area (Å²) in [5.41, 5.74) is 4.56. The van der Waals surface area contributed by atoms with Crippen LogP contribution in [0.25, 0.3) is 11.0 Å². The van der Waals surface area contributed by atoms with Crippen molar-refractivity contribution >= 4 is 16.7 Å². The number of fused-ring (bicyclic) bond motifs is 1. The third-order valence-corrected chi connectivity index (χ3v) is 5.09. The Kier molecular flexibility index (Phi) is 4.40. The Hall–Kier alpha value is -2.40. The summed E-state index contributed by atoms with van der Waals surface area (Å²) in [7, 11) is 1.94. The van der Waals surface area contributed by atoms with Gasteiger partial charge in [0.25, 0.3) is 0 Å². The number of hydrogen-bond donors (Lipinski definition) is 1. The SMILES string of the molecule is Cc1nn(C)c2ncc(CNCC3CCN(c4ccccc4)C3)cc12. The van der Waals surface area contributed by atoms with Gasteiger partial charge in [-0.3, -0.25) is 4.68 Å². The van der Waals surface area contributed by atoms with Crippen LogP contribution in [0.15, 0.2) is 42.6 Å². The molecule has 1 aromatic carbocycles. The van der Waals surface area contributed by atoms with Crippen LogP contribution in [0, 0.1) is 12.8 Å². The summed E-state index contributed by atoms with van der Waals surface area (Å²) in [5.74, 6) is 0.706. The molecule has 0 radical (unpaired) electrons. The summed E-state index contributed by atoms with van der Waals surface area (Å²) >= 11 is 0. The van der Waals surface area contributed by atoms with Crippen LogP contribution in [0.3, 0.4) is 0 Å². The van der Waals surface area contributed by atoms with Crippen molar-refractivity contribution in [1.82, 2.24) is 20.1 Å². The quantitative estimate of drug-likeness (QED) is 0.779. The molecule has 3 heterocycles. The lowest BCUT2D eigenvalue weighted by Gasteiger charge is -2.18. The number of rotatable bonds is 5. The molecule has 1 aliphatic rings. The highest BCUT2D eigenvalue weighted by atomic mass is 15.3. The molecule has 3 aromatic rings. The second kappa shape index (κ2) is 6.84. The van der Waals surface area contributed by atoms with E-state index in [4.69, 9.17) is 0 Å². The first-order valence-corrected chi connectivity index (χ1v) is 8.99. The van der Waals surface area contributed by atoms with E-state index in [9.17, 15) is 0 Å². The second-order valence-corrected chi connectivity index (χ2v) is 6.99. The number of aryl methyl sites for hydroxylation is 2. The first-order chi connectivity index (χ1) is 12.2. The number of pyridine rings is 1. The molecule has 0 amide bonds. The van der Waals surface area contributed by atoms with Crippen molar-refractivity contribution in [1.29, 1.82) is 0 Å². The predicted octanol–water partition coefficient (Wildman–Crippen LogP) is 2.89. The zero-order chi connectivity index (χ0) is 17.2. The highest BCUT2D eigenvalue weighted by Gasteiger charge is 2.22. The van der Waals surface area contributed by atoms with Gasteiger partial charge in [-0.1, -0.05) is 18.2 Å². The average molecular weight is 335 g/mol. The minimum Gasteiger partial charge on any atom is -0.371 e. The molecular formula is C20H25N5. The van der Waals surface area contributed by atoms with E-state index in [1.807, 2.05) is 24.9 Å². The maximum Gasteiger partial charge on any atom is 0.157 e. The van der Waals surface area contributed by atoms with E-state index in [2.05, 4.69) is 56.7 Å². The summed E-state index contributed by atoms with van der Waals surface area (Å²) in [6.07, 6.45) is 3.21. The minimum absolute atomic E-state index is 0.706. The monoisotopic (exact) mass is 335 g/mol. The number of nitrogens with one attached hydrogen (secondary N) is 1. The molecule has 1 aliphatic heterocycles. The number of anilines is 1. The normalized spacial score (nSPS) is 17.5. The molecule has 25 heavy (non-hydrogen) atoms. The smallest absolute Gasteiger partial charge is 0.157 e. The molecule has 130 valence electrons. The van der Waals surface area contributed by atoms with Crippen molar-refractivity contribution in [3.63, 3.8) is 0 Å². The van der Waals surface area contributed by atoms with E-state index in [1.54, 1.807) is 0 Å². The molecule has 0 bridgehead atoms. The zero-order valence-corrected chi connectivity index (χ0v) is 14.9. The predicted molar refractivity (Wildman–Crippen MR) is 102 cm³/mol. The van der Waals surface area contributed by atoms with Crippen molar-refractivity contribution in [2.75, 3.05) is 24.5 Å². The maximum absolute atomic E-state index is 4.56. The standard InChI is InChI=1S/C20H25N5/c1-15-19-10-17(13-22-20(19)24(2)23-15)12-21-11-16-8-9-25(14-16)18-6-4-3-5-7-18/h3-7,10,13,16,21H,8-9,11-12,14H2,1-2H3. The first-order valence-electron chi connectivity index (χ1n) is 8.99. The molecule has 0 saturated carbocycles. The van der Waals surface area contributed by atoms with E-state index in [0.29, 0.717) is 5.92 Å². The molecule has 1 saturated heterocycles. The highest BCUT2D eigenvalue weighted by Crippen LogP contribution is 2.23. The van der Waals surface area contributed by atoms with Crippen LogP contribution in [0.1, 0.15) is 17.7 Å². The van der Waals surface area contributed by atoms with Crippen LogP contribution in [0.4, 0.5) is 5.69 Å². The second-order valence-electron chi connectivity index (χ2n) is 6.99. The zero-order valence-electron chi connectivity index (χ0n) is 14.9.